The van der Waals surface area contributed by atoms with Gasteiger partial charge in [0, 0.05) is 12.8 Å². The molecule has 0 aromatic rings. The van der Waals surface area contributed by atoms with Gasteiger partial charge in [-0.15, -0.1) is 0 Å². The van der Waals surface area contributed by atoms with Crippen molar-refractivity contribution in [2.24, 2.45) is 35.5 Å². The molecule has 128 valence electrons. The second-order valence-corrected chi connectivity index (χ2v) is 9.02. The molecule has 0 radical (unpaired) electrons. The zero-order valence-corrected chi connectivity index (χ0v) is 15.4. The van der Waals surface area contributed by atoms with Crippen LogP contribution in [0.4, 0.5) is 0 Å². The highest BCUT2D eigenvalue weighted by Crippen LogP contribution is 2.38. The Labute approximate surface area is 138 Å². The third-order valence-electron chi connectivity index (χ3n) is 6.57. The molecule has 2 rings (SSSR count). The van der Waals surface area contributed by atoms with Crippen molar-refractivity contribution in [1.82, 2.24) is 0 Å². The van der Waals surface area contributed by atoms with Crippen molar-refractivity contribution >= 4 is 5.78 Å². The Balaban J connectivity index is 1.75. The van der Waals surface area contributed by atoms with Crippen LogP contribution in [0.25, 0.3) is 0 Å². The minimum absolute atomic E-state index is 0.573. The molecule has 0 saturated heterocycles. The Hall–Kier alpha value is -0.330. The van der Waals surface area contributed by atoms with Gasteiger partial charge < -0.3 is 0 Å². The van der Waals surface area contributed by atoms with Crippen LogP contribution >= 0.6 is 0 Å². The van der Waals surface area contributed by atoms with Crippen LogP contribution in [-0.4, -0.2) is 5.78 Å². The monoisotopic (exact) mass is 306 g/mol. The van der Waals surface area contributed by atoms with Gasteiger partial charge in [-0.3, -0.25) is 4.79 Å². The Kier molecular flexibility index (Phi) is 6.96. The third kappa shape index (κ3) is 5.39. The zero-order chi connectivity index (χ0) is 16.1. The van der Waals surface area contributed by atoms with Crippen molar-refractivity contribution in [1.29, 1.82) is 0 Å². The van der Waals surface area contributed by atoms with E-state index < -0.39 is 0 Å². The number of hydrogen-bond acceptors (Lipinski definition) is 1. The smallest absolute Gasteiger partial charge is 0.133 e. The summed E-state index contributed by atoms with van der Waals surface area (Å²) in [6.45, 7) is 9.40. The molecular weight excluding hydrogens is 268 g/mol. The lowest BCUT2D eigenvalue weighted by atomic mass is 9.72. The summed E-state index contributed by atoms with van der Waals surface area (Å²) in [7, 11) is 0. The Morgan fingerprint density at radius 3 is 1.55 bits per heavy atom. The molecule has 1 heteroatoms. The van der Waals surface area contributed by atoms with Crippen molar-refractivity contribution in [3.8, 4) is 0 Å². The zero-order valence-electron chi connectivity index (χ0n) is 15.4. The van der Waals surface area contributed by atoms with Gasteiger partial charge in [-0.1, -0.05) is 66.2 Å². The highest BCUT2D eigenvalue weighted by Gasteiger charge is 2.28. The summed E-state index contributed by atoms with van der Waals surface area (Å²) in [5.41, 5.74) is 0. The summed E-state index contributed by atoms with van der Waals surface area (Å²) >= 11 is 0. The van der Waals surface area contributed by atoms with Crippen LogP contribution < -0.4 is 0 Å². The van der Waals surface area contributed by atoms with Crippen LogP contribution in [0.3, 0.4) is 0 Å². The highest BCUT2D eigenvalue weighted by atomic mass is 16.1. The summed E-state index contributed by atoms with van der Waals surface area (Å²) < 4.78 is 0. The molecule has 22 heavy (non-hydrogen) atoms. The molecule has 2 saturated carbocycles. The topological polar surface area (TPSA) is 17.1 Å². The minimum atomic E-state index is 0.573. The minimum Gasteiger partial charge on any atom is -0.300 e. The summed E-state index contributed by atoms with van der Waals surface area (Å²) in [6, 6.07) is 0. The number of ketones is 1. The van der Waals surface area contributed by atoms with E-state index in [-0.39, 0.29) is 0 Å². The molecule has 0 heterocycles. The fourth-order valence-electron chi connectivity index (χ4n) is 4.97. The summed E-state index contributed by atoms with van der Waals surface area (Å²) in [4.78, 5) is 12.5. The molecule has 2 fully saturated rings. The lowest BCUT2D eigenvalue weighted by Crippen LogP contribution is -2.24. The van der Waals surface area contributed by atoms with Crippen LogP contribution in [0.1, 0.15) is 91.9 Å². The van der Waals surface area contributed by atoms with E-state index in [1.54, 1.807) is 0 Å². The van der Waals surface area contributed by atoms with E-state index in [4.69, 9.17) is 0 Å². The van der Waals surface area contributed by atoms with Gasteiger partial charge in [-0.25, -0.2) is 0 Å². The van der Waals surface area contributed by atoms with E-state index in [9.17, 15) is 4.79 Å². The number of rotatable bonds is 6. The van der Waals surface area contributed by atoms with Crippen molar-refractivity contribution in [3.05, 3.63) is 0 Å². The molecule has 0 aliphatic heterocycles. The first kappa shape index (κ1) is 18.0. The predicted octanol–water partition coefficient (Wildman–Crippen LogP) is 6.26. The van der Waals surface area contributed by atoms with E-state index in [1.807, 2.05) is 0 Å². The van der Waals surface area contributed by atoms with Crippen LogP contribution in [-0.2, 0) is 4.79 Å². The van der Waals surface area contributed by atoms with Crippen molar-refractivity contribution < 1.29 is 4.79 Å². The van der Waals surface area contributed by atoms with Gasteiger partial charge in [0.05, 0.1) is 0 Å². The number of hydrogen-bond donors (Lipinski definition) is 0. The van der Waals surface area contributed by atoms with E-state index in [0.29, 0.717) is 17.6 Å². The molecule has 0 N–H and O–H groups in total. The lowest BCUT2D eigenvalue weighted by Gasteiger charge is -2.33. The summed E-state index contributed by atoms with van der Waals surface area (Å²) in [6.07, 6.45) is 12.5. The fourth-order valence-corrected chi connectivity index (χ4v) is 4.97. The molecule has 0 spiro atoms. The largest absolute Gasteiger partial charge is 0.300 e. The van der Waals surface area contributed by atoms with Gasteiger partial charge in [0.2, 0.25) is 0 Å². The van der Waals surface area contributed by atoms with Gasteiger partial charge >= 0.3 is 0 Å². The molecule has 2 aliphatic rings. The van der Waals surface area contributed by atoms with Crippen LogP contribution in [0, 0.1) is 35.5 Å². The van der Waals surface area contributed by atoms with E-state index in [0.717, 1.165) is 36.5 Å². The van der Waals surface area contributed by atoms with E-state index in [2.05, 4.69) is 27.7 Å². The molecule has 2 aliphatic carbocycles. The summed E-state index contributed by atoms with van der Waals surface area (Å²) in [5.74, 6) is 5.28. The Morgan fingerprint density at radius 2 is 1.18 bits per heavy atom. The molecule has 0 aromatic carbocycles. The normalized spacial score (nSPS) is 33.4. The van der Waals surface area contributed by atoms with Crippen molar-refractivity contribution in [2.45, 2.75) is 91.9 Å². The molecular formula is C21H38O. The maximum atomic E-state index is 12.5. The summed E-state index contributed by atoms with van der Waals surface area (Å²) in [5, 5.41) is 0. The third-order valence-corrected chi connectivity index (χ3v) is 6.57. The standard InChI is InChI=1S/C21H38O/c1-15(2)19-9-5-7-17(11-19)13-21(22)14-18-8-6-10-20(12-18)16(3)4/h15-20H,5-14H2,1-4H3. The second-order valence-electron chi connectivity index (χ2n) is 9.02. The number of carbonyl (C=O) groups excluding carboxylic acids is 1. The van der Waals surface area contributed by atoms with Crippen molar-refractivity contribution in [2.75, 3.05) is 0 Å². The predicted molar refractivity (Wildman–Crippen MR) is 94.8 cm³/mol. The molecule has 1 nitrogen and oxygen atoms in total. The van der Waals surface area contributed by atoms with E-state index in [1.165, 1.54) is 51.4 Å². The van der Waals surface area contributed by atoms with Crippen LogP contribution in [0.5, 0.6) is 0 Å². The maximum Gasteiger partial charge on any atom is 0.133 e. The quantitative estimate of drug-likeness (QED) is 0.566. The maximum absolute atomic E-state index is 12.5. The van der Waals surface area contributed by atoms with E-state index >= 15 is 0 Å². The van der Waals surface area contributed by atoms with Crippen LogP contribution in [0.2, 0.25) is 0 Å². The van der Waals surface area contributed by atoms with Crippen LogP contribution in [0.15, 0.2) is 0 Å². The second kappa shape index (κ2) is 8.50. The van der Waals surface area contributed by atoms with Gasteiger partial charge in [0.25, 0.3) is 0 Å². The average molecular weight is 307 g/mol. The molecule has 4 atom stereocenters. The van der Waals surface area contributed by atoms with Gasteiger partial charge in [0.15, 0.2) is 0 Å². The van der Waals surface area contributed by atoms with Gasteiger partial charge in [0.1, 0.15) is 5.78 Å². The number of carbonyl (C=O) groups is 1. The first-order valence-corrected chi connectivity index (χ1v) is 9.97. The first-order valence-electron chi connectivity index (χ1n) is 9.97. The first-order chi connectivity index (χ1) is 10.5. The molecule has 4 unspecified atom stereocenters. The van der Waals surface area contributed by atoms with Gasteiger partial charge in [-0.05, 0) is 48.3 Å². The van der Waals surface area contributed by atoms with Crippen molar-refractivity contribution in [3.63, 3.8) is 0 Å². The Morgan fingerprint density at radius 1 is 0.773 bits per heavy atom. The number of Topliss-reactive ketones (excluding diaryl/α,β-unsaturated/α-hetero) is 1. The highest BCUT2D eigenvalue weighted by molar-refractivity contribution is 5.78. The molecule has 0 bridgehead atoms. The average Bonchev–Trinajstić information content (AvgIpc) is 2.47. The molecule has 0 aromatic heterocycles. The lowest BCUT2D eigenvalue weighted by molar-refractivity contribution is -0.121. The SMILES string of the molecule is CC(C)C1CCCC(CC(=O)CC2CCCC(C(C)C)C2)C1. The Bertz CT molecular complexity index is 312. The fraction of sp³-hybridized carbons (Fsp3) is 0.952. The van der Waals surface area contributed by atoms with Gasteiger partial charge in [-0.2, -0.15) is 0 Å². The molecule has 0 amide bonds.